The number of benzene rings is 2. The third-order valence-electron chi connectivity index (χ3n) is 3.82. The highest BCUT2D eigenvalue weighted by Gasteiger charge is 2.09. The molecule has 1 heterocycles. The molecule has 2 amide bonds. The number of nitrogens with one attached hydrogen (secondary N) is 2. The van der Waals surface area contributed by atoms with Gasteiger partial charge in [0, 0.05) is 12.6 Å². The van der Waals surface area contributed by atoms with Gasteiger partial charge in [-0.3, -0.25) is 0 Å². The van der Waals surface area contributed by atoms with Gasteiger partial charge in [0.2, 0.25) is 0 Å². The Bertz CT molecular complexity index is 776. The van der Waals surface area contributed by atoms with Gasteiger partial charge in [0.1, 0.15) is 0 Å². The van der Waals surface area contributed by atoms with Gasteiger partial charge in [-0.1, -0.05) is 42.5 Å². The summed E-state index contributed by atoms with van der Waals surface area (Å²) < 4.78 is 5.04. The van der Waals surface area contributed by atoms with Gasteiger partial charge in [0.15, 0.2) is 0 Å². The summed E-state index contributed by atoms with van der Waals surface area (Å²) in [5.41, 5.74) is 2.19. The Balaban J connectivity index is 1.56. The lowest BCUT2D eigenvalue weighted by Gasteiger charge is -2.14. The summed E-state index contributed by atoms with van der Waals surface area (Å²) in [4.78, 5) is 12.0. The van der Waals surface area contributed by atoms with Crippen LogP contribution in [-0.2, 0) is 13.0 Å². The van der Waals surface area contributed by atoms with Crippen LogP contribution in [0.15, 0.2) is 65.5 Å². The van der Waals surface area contributed by atoms with Crippen molar-refractivity contribution in [3.05, 3.63) is 72.2 Å². The molecule has 0 aliphatic heterocycles. The molecule has 1 aromatic heterocycles. The van der Waals surface area contributed by atoms with E-state index in [0.717, 1.165) is 17.5 Å². The molecule has 0 fully saturated rings. The topological polar surface area (TPSA) is 54.3 Å². The molecule has 1 atom stereocenters. The van der Waals surface area contributed by atoms with Gasteiger partial charge >= 0.3 is 6.03 Å². The fourth-order valence-corrected chi connectivity index (χ4v) is 2.71. The summed E-state index contributed by atoms with van der Waals surface area (Å²) in [6, 6.07) is 16.1. The molecule has 3 aromatic rings. The first kappa shape index (κ1) is 15.2. The third kappa shape index (κ3) is 3.92. The molecule has 0 spiro atoms. The molecule has 0 saturated carbocycles. The molecular formula is C19H20N2O2. The van der Waals surface area contributed by atoms with Crippen LogP contribution in [0.5, 0.6) is 0 Å². The Hall–Kier alpha value is -2.75. The molecule has 0 aliphatic carbocycles. The lowest BCUT2D eigenvalue weighted by molar-refractivity contribution is 0.237. The Labute approximate surface area is 135 Å². The number of fused-ring (bicyclic) bond motifs is 1. The van der Waals surface area contributed by atoms with Gasteiger partial charge in [0.05, 0.1) is 12.5 Å². The van der Waals surface area contributed by atoms with E-state index >= 15 is 0 Å². The van der Waals surface area contributed by atoms with Crippen molar-refractivity contribution in [3.63, 3.8) is 0 Å². The first-order valence-corrected chi connectivity index (χ1v) is 7.74. The maximum absolute atomic E-state index is 12.0. The molecule has 0 aliphatic rings. The maximum atomic E-state index is 12.0. The number of hydrogen-bond acceptors (Lipinski definition) is 2. The maximum Gasteiger partial charge on any atom is 0.315 e. The fourth-order valence-electron chi connectivity index (χ4n) is 2.71. The summed E-state index contributed by atoms with van der Waals surface area (Å²) >= 11 is 0. The quantitative estimate of drug-likeness (QED) is 0.752. The van der Waals surface area contributed by atoms with E-state index in [1.54, 1.807) is 12.5 Å². The lowest BCUT2D eigenvalue weighted by atomic mass is 10.0. The molecule has 23 heavy (non-hydrogen) atoms. The molecule has 118 valence electrons. The molecule has 0 radical (unpaired) electrons. The fraction of sp³-hybridized carbons (Fsp3) is 0.211. The Morgan fingerprint density at radius 2 is 1.96 bits per heavy atom. The van der Waals surface area contributed by atoms with Crippen molar-refractivity contribution in [2.24, 2.45) is 0 Å². The smallest absolute Gasteiger partial charge is 0.315 e. The van der Waals surface area contributed by atoms with E-state index in [4.69, 9.17) is 4.42 Å². The second-order valence-electron chi connectivity index (χ2n) is 5.70. The number of amides is 2. The third-order valence-corrected chi connectivity index (χ3v) is 3.82. The second-order valence-corrected chi connectivity index (χ2v) is 5.70. The SMILES string of the molecule is CC(Cc1ccoc1)NC(=O)NCc1cccc2ccccc12. The van der Waals surface area contributed by atoms with Gasteiger partial charge < -0.3 is 15.1 Å². The van der Waals surface area contributed by atoms with Crippen molar-refractivity contribution >= 4 is 16.8 Å². The van der Waals surface area contributed by atoms with Gasteiger partial charge in [-0.05, 0) is 41.3 Å². The predicted octanol–water partition coefficient (Wildman–Crippen LogP) is 3.86. The van der Waals surface area contributed by atoms with Crippen LogP contribution in [0.25, 0.3) is 10.8 Å². The molecule has 0 bridgehead atoms. The average molecular weight is 308 g/mol. The lowest BCUT2D eigenvalue weighted by Crippen LogP contribution is -2.41. The van der Waals surface area contributed by atoms with E-state index < -0.39 is 0 Å². The average Bonchev–Trinajstić information content (AvgIpc) is 3.05. The van der Waals surface area contributed by atoms with Gasteiger partial charge in [-0.25, -0.2) is 4.79 Å². The number of hydrogen-bond donors (Lipinski definition) is 2. The summed E-state index contributed by atoms with van der Waals surface area (Å²) in [6.07, 6.45) is 4.09. The van der Waals surface area contributed by atoms with E-state index in [1.165, 1.54) is 10.8 Å². The summed E-state index contributed by atoms with van der Waals surface area (Å²) in [7, 11) is 0. The van der Waals surface area contributed by atoms with Gasteiger partial charge in [-0.2, -0.15) is 0 Å². The highest BCUT2D eigenvalue weighted by molar-refractivity contribution is 5.86. The van der Waals surface area contributed by atoms with Crippen LogP contribution in [0.1, 0.15) is 18.1 Å². The predicted molar refractivity (Wildman–Crippen MR) is 91.2 cm³/mol. The van der Waals surface area contributed by atoms with Crippen LogP contribution >= 0.6 is 0 Å². The van der Waals surface area contributed by atoms with Crippen LogP contribution in [0.4, 0.5) is 4.79 Å². The van der Waals surface area contributed by atoms with E-state index in [2.05, 4.69) is 28.8 Å². The molecule has 0 saturated heterocycles. The number of carbonyl (C=O) groups is 1. The molecule has 4 heteroatoms. The standard InChI is InChI=1S/C19H20N2O2/c1-14(11-15-9-10-23-13-15)21-19(22)20-12-17-7-4-6-16-5-2-3-8-18(16)17/h2-10,13-14H,11-12H2,1H3,(H2,20,21,22). The monoisotopic (exact) mass is 308 g/mol. The Morgan fingerprint density at radius 3 is 2.78 bits per heavy atom. The zero-order valence-electron chi connectivity index (χ0n) is 13.1. The van der Waals surface area contributed by atoms with Gasteiger partial charge in [-0.15, -0.1) is 0 Å². The summed E-state index contributed by atoms with van der Waals surface area (Å²) in [6.45, 7) is 2.48. The van der Waals surface area contributed by atoms with E-state index in [-0.39, 0.29) is 12.1 Å². The van der Waals surface area contributed by atoms with E-state index in [1.807, 2.05) is 37.3 Å². The van der Waals surface area contributed by atoms with Crippen LogP contribution in [0.3, 0.4) is 0 Å². The second kappa shape index (κ2) is 7.01. The Kier molecular flexibility index (Phi) is 4.62. The highest BCUT2D eigenvalue weighted by atomic mass is 16.3. The van der Waals surface area contributed by atoms with Crippen LogP contribution in [-0.4, -0.2) is 12.1 Å². The van der Waals surface area contributed by atoms with Gasteiger partial charge in [0.25, 0.3) is 0 Å². The molecule has 2 aromatic carbocycles. The number of urea groups is 1. The Morgan fingerprint density at radius 1 is 1.13 bits per heavy atom. The molecule has 1 unspecified atom stereocenters. The first-order valence-electron chi connectivity index (χ1n) is 7.74. The van der Waals surface area contributed by atoms with Crippen LogP contribution < -0.4 is 10.6 Å². The molecule has 4 nitrogen and oxygen atoms in total. The minimum Gasteiger partial charge on any atom is -0.472 e. The van der Waals surface area contributed by atoms with Crippen molar-refractivity contribution in [2.75, 3.05) is 0 Å². The van der Waals surface area contributed by atoms with Crippen molar-refractivity contribution in [2.45, 2.75) is 25.9 Å². The van der Waals surface area contributed by atoms with Crippen molar-refractivity contribution in [1.82, 2.24) is 10.6 Å². The molecular weight excluding hydrogens is 288 g/mol. The molecule has 3 rings (SSSR count). The minimum atomic E-state index is -0.158. The zero-order valence-corrected chi connectivity index (χ0v) is 13.1. The number of rotatable bonds is 5. The first-order chi connectivity index (χ1) is 11.2. The largest absolute Gasteiger partial charge is 0.472 e. The zero-order chi connectivity index (χ0) is 16.1. The van der Waals surface area contributed by atoms with Crippen molar-refractivity contribution in [1.29, 1.82) is 0 Å². The highest BCUT2D eigenvalue weighted by Crippen LogP contribution is 2.18. The molecule has 2 N–H and O–H groups in total. The van der Waals surface area contributed by atoms with E-state index in [0.29, 0.717) is 6.54 Å². The minimum absolute atomic E-state index is 0.0418. The normalized spacial score (nSPS) is 12.0. The number of furan rings is 1. The van der Waals surface area contributed by atoms with E-state index in [9.17, 15) is 4.79 Å². The van der Waals surface area contributed by atoms with Crippen LogP contribution in [0.2, 0.25) is 0 Å². The van der Waals surface area contributed by atoms with Crippen molar-refractivity contribution < 1.29 is 9.21 Å². The number of carbonyl (C=O) groups excluding carboxylic acids is 1. The van der Waals surface area contributed by atoms with Crippen molar-refractivity contribution in [3.8, 4) is 0 Å². The van der Waals surface area contributed by atoms with Crippen LogP contribution in [0, 0.1) is 0 Å². The summed E-state index contributed by atoms with van der Waals surface area (Å²) in [5, 5.41) is 8.22. The summed E-state index contributed by atoms with van der Waals surface area (Å²) in [5.74, 6) is 0.